The van der Waals surface area contributed by atoms with Crippen molar-refractivity contribution >= 4 is 32.5 Å². The van der Waals surface area contributed by atoms with Gasteiger partial charge >= 0.3 is 5.97 Å². The lowest BCUT2D eigenvalue weighted by molar-refractivity contribution is -0.384. The van der Waals surface area contributed by atoms with E-state index in [4.69, 9.17) is 0 Å². The zero-order valence-electron chi connectivity index (χ0n) is 5.72. The van der Waals surface area contributed by atoms with Gasteiger partial charge in [0.15, 0.2) is 0 Å². The molecule has 5 nitrogen and oxygen atoms in total. The average molecular weight is 205 g/mol. The molecule has 0 bridgehead atoms. The van der Waals surface area contributed by atoms with E-state index in [1.807, 2.05) is 0 Å². The molecule has 0 spiro atoms. The molecule has 64 valence electrons. The second kappa shape index (κ2) is 3.60. The summed E-state index contributed by atoms with van der Waals surface area (Å²) in [4.78, 5) is 20.6. The van der Waals surface area contributed by atoms with Gasteiger partial charge in [0, 0.05) is 6.07 Å². The second-order valence-corrected chi connectivity index (χ2v) is 2.98. The summed E-state index contributed by atoms with van der Waals surface area (Å²) in [6, 6.07) is 1.18. The van der Waals surface area contributed by atoms with E-state index >= 15 is 0 Å². The van der Waals surface area contributed by atoms with Crippen molar-refractivity contribution in [2.24, 2.45) is 0 Å². The highest BCUT2D eigenvalue weighted by molar-refractivity contribution is 7.14. The molecular formula is C5H4NO4PS. The summed E-state index contributed by atoms with van der Waals surface area (Å²) in [5.74, 6) is -0.585. The van der Waals surface area contributed by atoms with E-state index in [1.165, 1.54) is 11.4 Å². The molecule has 0 aliphatic rings. The number of rotatable bonds is 2. The van der Waals surface area contributed by atoms with E-state index in [2.05, 4.69) is 4.52 Å². The predicted octanol–water partition coefficient (Wildman–Crippen LogP) is 1.60. The van der Waals surface area contributed by atoms with Crippen LogP contribution in [0.25, 0.3) is 0 Å². The molecule has 0 saturated heterocycles. The Balaban J connectivity index is 2.91. The molecule has 0 N–H and O–H groups in total. The van der Waals surface area contributed by atoms with Crippen LogP contribution in [-0.4, -0.2) is 10.9 Å². The molecule has 0 fully saturated rings. The van der Waals surface area contributed by atoms with E-state index in [9.17, 15) is 14.9 Å². The Labute approximate surface area is 73.8 Å². The Morgan fingerprint density at radius 1 is 1.75 bits per heavy atom. The standard InChI is InChI=1S/C5H4NO4PS/c7-5(10-11)4-1-3(2-12-4)6(8)9/h1-2H,11H2. The van der Waals surface area contributed by atoms with Crippen molar-refractivity contribution in [1.82, 2.24) is 0 Å². The highest BCUT2D eigenvalue weighted by atomic mass is 32.1. The van der Waals surface area contributed by atoms with Crippen LogP contribution in [0.1, 0.15) is 9.67 Å². The molecule has 1 aromatic rings. The fraction of sp³-hybridized carbons (Fsp3) is 0. The van der Waals surface area contributed by atoms with E-state index in [0.717, 1.165) is 11.3 Å². The van der Waals surface area contributed by atoms with Crippen molar-refractivity contribution in [2.75, 3.05) is 0 Å². The van der Waals surface area contributed by atoms with Crippen molar-refractivity contribution in [3.8, 4) is 0 Å². The topological polar surface area (TPSA) is 69.4 Å². The second-order valence-electron chi connectivity index (χ2n) is 1.83. The monoisotopic (exact) mass is 205 g/mol. The minimum atomic E-state index is -0.585. The lowest BCUT2D eigenvalue weighted by Crippen LogP contribution is -1.93. The maximum absolute atomic E-state index is 10.8. The third kappa shape index (κ3) is 1.78. The summed E-state index contributed by atoms with van der Waals surface area (Å²) in [6.45, 7) is 0. The van der Waals surface area contributed by atoms with Crippen LogP contribution >= 0.6 is 20.8 Å². The summed E-state index contributed by atoms with van der Waals surface area (Å²) in [7, 11) is 1.79. The van der Waals surface area contributed by atoms with Crippen LogP contribution in [-0.2, 0) is 4.52 Å². The molecule has 0 amide bonds. The van der Waals surface area contributed by atoms with Crippen molar-refractivity contribution in [1.29, 1.82) is 0 Å². The summed E-state index contributed by atoms with van der Waals surface area (Å²) in [6.07, 6.45) is 0. The zero-order chi connectivity index (χ0) is 9.14. The van der Waals surface area contributed by atoms with Gasteiger partial charge in [-0.05, 0) is 0 Å². The largest absolute Gasteiger partial charge is 0.447 e. The number of thiophene rings is 1. The number of nitro groups is 1. The molecule has 1 aromatic heterocycles. The lowest BCUT2D eigenvalue weighted by atomic mass is 10.4. The van der Waals surface area contributed by atoms with Gasteiger partial charge in [0.25, 0.3) is 5.69 Å². The van der Waals surface area contributed by atoms with Crippen LogP contribution in [0.3, 0.4) is 0 Å². The number of hydrogen-bond donors (Lipinski definition) is 0. The molecule has 1 unspecified atom stereocenters. The van der Waals surface area contributed by atoms with E-state index in [0.29, 0.717) is 0 Å². The minimum absolute atomic E-state index is 0.0922. The highest BCUT2D eigenvalue weighted by Crippen LogP contribution is 2.22. The highest BCUT2D eigenvalue weighted by Gasteiger charge is 2.14. The molecule has 1 atom stereocenters. The molecule has 0 aliphatic carbocycles. The van der Waals surface area contributed by atoms with Crippen molar-refractivity contribution in [3.63, 3.8) is 0 Å². The molecule has 7 heteroatoms. The minimum Gasteiger partial charge on any atom is -0.447 e. The Hall–Kier alpha value is -1.00. The van der Waals surface area contributed by atoms with E-state index in [1.54, 1.807) is 9.47 Å². The molecule has 0 aliphatic heterocycles. The van der Waals surface area contributed by atoms with E-state index in [-0.39, 0.29) is 10.6 Å². The van der Waals surface area contributed by atoms with Crippen LogP contribution in [0, 0.1) is 10.1 Å². The summed E-state index contributed by atoms with van der Waals surface area (Å²) < 4.78 is 4.29. The quantitative estimate of drug-likeness (QED) is 0.417. The van der Waals surface area contributed by atoms with Crippen LogP contribution < -0.4 is 0 Å². The van der Waals surface area contributed by atoms with Crippen LogP contribution in [0.4, 0.5) is 5.69 Å². The predicted molar refractivity (Wildman–Crippen MR) is 46.1 cm³/mol. The van der Waals surface area contributed by atoms with Gasteiger partial charge in [0.2, 0.25) is 0 Å². The first-order valence-corrected chi connectivity index (χ1v) is 4.14. The van der Waals surface area contributed by atoms with Gasteiger partial charge in [0.05, 0.1) is 19.8 Å². The van der Waals surface area contributed by atoms with Crippen molar-refractivity contribution in [2.45, 2.75) is 0 Å². The van der Waals surface area contributed by atoms with Crippen LogP contribution in [0.5, 0.6) is 0 Å². The van der Waals surface area contributed by atoms with Gasteiger partial charge in [-0.2, -0.15) is 0 Å². The van der Waals surface area contributed by atoms with Crippen molar-refractivity contribution < 1.29 is 14.2 Å². The molecule has 0 saturated carbocycles. The summed E-state index contributed by atoms with van der Waals surface area (Å²) in [5, 5.41) is 11.5. The molecule has 0 radical (unpaired) electrons. The van der Waals surface area contributed by atoms with Crippen molar-refractivity contribution in [3.05, 3.63) is 26.4 Å². The van der Waals surface area contributed by atoms with Crippen LogP contribution in [0.15, 0.2) is 11.4 Å². The van der Waals surface area contributed by atoms with Gasteiger partial charge in [-0.25, -0.2) is 4.79 Å². The molecule has 1 rings (SSSR count). The number of hydrogen-bond acceptors (Lipinski definition) is 5. The van der Waals surface area contributed by atoms with Gasteiger partial charge in [-0.3, -0.25) is 10.1 Å². The van der Waals surface area contributed by atoms with Gasteiger partial charge < -0.3 is 4.52 Å². The van der Waals surface area contributed by atoms with E-state index < -0.39 is 10.9 Å². The molecular weight excluding hydrogens is 201 g/mol. The smallest absolute Gasteiger partial charge is 0.350 e. The first-order valence-electron chi connectivity index (χ1n) is 2.79. The molecule has 1 heterocycles. The third-order valence-corrected chi connectivity index (χ3v) is 2.22. The van der Waals surface area contributed by atoms with Gasteiger partial charge in [-0.15, -0.1) is 11.3 Å². The third-order valence-electron chi connectivity index (χ3n) is 1.10. The Kier molecular flexibility index (Phi) is 2.73. The average Bonchev–Trinajstić information content (AvgIpc) is 2.51. The zero-order valence-corrected chi connectivity index (χ0v) is 7.69. The Bertz CT molecular complexity index is 323. The lowest BCUT2D eigenvalue weighted by Gasteiger charge is -1.89. The Morgan fingerprint density at radius 3 is 2.83 bits per heavy atom. The normalized spacial score (nSPS) is 9.42. The van der Waals surface area contributed by atoms with Crippen LogP contribution in [0.2, 0.25) is 0 Å². The molecule has 0 aromatic carbocycles. The van der Waals surface area contributed by atoms with Gasteiger partial charge in [-0.1, -0.05) is 0 Å². The Morgan fingerprint density at radius 2 is 2.42 bits per heavy atom. The maximum atomic E-state index is 10.8. The first kappa shape index (κ1) is 9.09. The summed E-state index contributed by atoms with van der Waals surface area (Å²) >= 11 is 0.981. The fourth-order valence-electron chi connectivity index (χ4n) is 0.587. The van der Waals surface area contributed by atoms with Gasteiger partial charge in [0.1, 0.15) is 4.88 Å². The first-order chi connectivity index (χ1) is 5.65. The number of carbonyl (C=O) groups excluding carboxylic acids is 1. The SMILES string of the molecule is O=C(OP)c1cc([N+](=O)[O-])cs1. The summed E-state index contributed by atoms with van der Waals surface area (Å²) in [5.41, 5.74) is -0.0922. The number of nitrogens with zero attached hydrogens (tertiary/aromatic N) is 1. The number of carbonyl (C=O) groups is 1. The maximum Gasteiger partial charge on any atom is 0.350 e. The molecule has 12 heavy (non-hydrogen) atoms. The fourth-order valence-corrected chi connectivity index (χ4v) is 1.53.